The van der Waals surface area contributed by atoms with Crippen molar-refractivity contribution in [1.29, 1.82) is 0 Å². The molecule has 5 nitrogen and oxygen atoms in total. The summed E-state index contributed by atoms with van der Waals surface area (Å²) in [5.41, 5.74) is 0.715. The van der Waals surface area contributed by atoms with Gasteiger partial charge in [0.25, 0.3) is 0 Å². The lowest BCUT2D eigenvalue weighted by molar-refractivity contribution is 0.583. The third-order valence-corrected chi connectivity index (χ3v) is 6.73. The molecule has 20 heavy (non-hydrogen) atoms. The van der Waals surface area contributed by atoms with E-state index >= 15 is 0 Å². The fourth-order valence-electron chi connectivity index (χ4n) is 1.79. The largest absolute Gasteiger partial charge is 0.297 e. The second-order valence-corrected chi connectivity index (χ2v) is 8.26. The molecule has 0 amide bonds. The van der Waals surface area contributed by atoms with E-state index < -0.39 is 10.0 Å². The number of nitrogens with one attached hydrogen (secondary N) is 1. The molecule has 3 aromatic heterocycles. The van der Waals surface area contributed by atoms with Gasteiger partial charge in [0.2, 0.25) is 10.0 Å². The maximum absolute atomic E-state index is 12.2. The highest BCUT2D eigenvalue weighted by Gasteiger charge is 2.17. The Labute approximate surface area is 125 Å². The number of sulfonamides is 1. The summed E-state index contributed by atoms with van der Waals surface area (Å²) in [6, 6.07) is 3.50. The fourth-order valence-corrected chi connectivity index (χ4v) is 4.85. The van der Waals surface area contributed by atoms with Crippen LogP contribution >= 0.6 is 22.7 Å². The van der Waals surface area contributed by atoms with Crippen LogP contribution in [0.5, 0.6) is 0 Å². The van der Waals surface area contributed by atoms with Gasteiger partial charge in [-0.25, -0.2) is 18.1 Å². The Hall–Kier alpha value is -1.22. The predicted molar refractivity (Wildman–Crippen MR) is 80.8 cm³/mol. The zero-order valence-electron chi connectivity index (χ0n) is 10.7. The number of aryl methyl sites for hydroxylation is 1. The lowest BCUT2D eigenvalue weighted by Crippen LogP contribution is -2.22. The first kappa shape index (κ1) is 13.7. The van der Waals surface area contributed by atoms with Gasteiger partial charge in [0.05, 0.1) is 12.2 Å². The molecule has 0 aliphatic rings. The molecule has 0 saturated carbocycles. The van der Waals surface area contributed by atoms with Crippen molar-refractivity contribution in [1.82, 2.24) is 14.1 Å². The van der Waals surface area contributed by atoms with Crippen LogP contribution in [0.15, 0.2) is 34.1 Å². The van der Waals surface area contributed by atoms with E-state index in [-0.39, 0.29) is 6.54 Å². The summed E-state index contributed by atoms with van der Waals surface area (Å²) in [5.74, 6) is 0. The second-order valence-electron chi connectivity index (χ2n) is 4.22. The van der Waals surface area contributed by atoms with Gasteiger partial charge in [0.1, 0.15) is 4.21 Å². The molecular formula is C12H13N3O2S3. The normalized spacial score (nSPS) is 12.2. The molecule has 0 saturated heterocycles. The van der Waals surface area contributed by atoms with Crippen LogP contribution in [0.25, 0.3) is 4.96 Å². The molecule has 8 heteroatoms. The molecule has 0 radical (unpaired) electrons. The average Bonchev–Trinajstić information content (AvgIpc) is 3.11. The zero-order valence-corrected chi connectivity index (χ0v) is 13.2. The van der Waals surface area contributed by atoms with Crippen molar-refractivity contribution in [2.24, 2.45) is 0 Å². The minimum atomic E-state index is -3.45. The molecule has 0 aliphatic carbocycles. The summed E-state index contributed by atoms with van der Waals surface area (Å²) in [5, 5.41) is 1.94. The predicted octanol–water partition coefficient (Wildman–Crippen LogP) is 2.50. The molecule has 0 spiro atoms. The van der Waals surface area contributed by atoms with Gasteiger partial charge in [-0.2, -0.15) is 0 Å². The Morgan fingerprint density at radius 1 is 1.40 bits per heavy atom. The Morgan fingerprint density at radius 3 is 2.95 bits per heavy atom. The molecule has 3 aromatic rings. The number of aromatic nitrogens is 2. The Balaban J connectivity index is 1.74. The van der Waals surface area contributed by atoms with Crippen LogP contribution in [0.3, 0.4) is 0 Å². The number of hydrogen-bond donors (Lipinski definition) is 1. The molecule has 0 aliphatic heterocycles. The number of fused-ring (bicyclic) bond motifs is 1. The molecule has 0 bridgehead atoms. The van der Waals surface area contributed by atoms with E-state index in [1.54, 1.807) is 6.07 Å². The van der Waals surface area contributed by atoms with E-state index in [9.17, 15) is 8.42 Å². The average molecular weight is 327 g/mol. The maximum Gasteiger partial charge on any atom is 0.250 e. The van der Waals surface area contributed by atoms with Gasteiger partial charge in [-0.05, 0) is 18.6 Å². The Kier molecular flexibility index (Phi) is 3.63. The second kappa shape index (κ2) is 5.28. The molecule has 0 aromatic carbocycles. The van der Waals surface area contributed by atoms with Crippen LogP contribution < -0.4 is 4.72 Å². The third-order valence-electron chi connectivity index (χ3n) is 2.84. The maximum atomic E-state index is 12.2. The van der Waals surface area contributed by atoms with Gasteiger partial charge in [-0.15, -0.1) is 22.7 Å². The number of rotatable bonds is 5. The van der Waals surface area contributed by atoms with Crippen molar-refractivity contribution < 1.29 is 8.42 Å². The van der Waals surface area contributed by atoms with Crippen LogP contribution in [-0.4, -0.2) is 17.8 Å². The smallest absolute Gasteiger partial charge is 0.250 e. The van der Waals surface area contributed by atoms with Crippen LogP contribution in [-0.2, 0) is 23.0 Å². The minimum absolute atomic E-state index is 0.204. The number of thiazole rings is 1. The van der Waals surface area contributed by atoms with Gasteiger partial charge >= 0.3 is 0 Å². The number of hydrogen-bond acceptors (Lipinski definition) is 5. The summed E-state index contributed by atoms with van der Waals surface area (Å²) in [4.78, 5) is 6.28. The van der Waals surface area contributed by atoms with Gasteiger partial charge in [0.15, 0.2) is 4.96 Å². The highest BCUT2D eigenvalue weighted by molar-refractivity contribution is 7.91. The van der Waals surface area contributed by atoms with Crippen molar-refractivity contribution in [2.75, 3.05) is 0 Å². The number of thiophene rings is 1. The lowest BCUT2D eigenvalue weighted by atomic mass is 10.4. The molecule has 3 heterocycles. The highest BCUT2D eigenvalue weighted by atomic mass is 32.2. The van der Waals surface area contributed by atoms with Gasteiger partial charge in [0, 0.05) is 22.7 Å². The van der Waals surface area contributed by atoms with Crippen LogP contribution in [0.4, 0.5) is 0 Å². The van der Waals surface area contributed by atoms with Crippen molar-refractivity contribution >= 4 is 37.7 Å². The van der Waals surface area contributed by atoms with E-state index in [0.29, 0.717) is 9.90 Å². The first-order valence-corrected chi connectivity index (χ1v) is 9.26. The molecule has 0 atom stereocenters. The minimum Gasteiger partial charge on any atom is -0.297 e. The van der Waals surface area contributed by atoms with E-state index in [4.69, 9.17) is 0 Å². The Morgan fingerprint density at radius 2 is 2.25 bits per heavy atom. The van der Waals surface area contributed by atoms with E-state index in [1.807, 2.05) is 35.2 Å². The topological polar surface area (TPSA) is 63.5 Å². The molecule has 3 rings (SSSR count). The van der Waals surface area contributed by atoms with E-state index in [1.165, 1.54) is 22.7 Å². The van der Waals surface area contributed by atoms with Crippen LogP contribution in [0.2, 0.25) is 0 Å². The monoisotopic (exact) mass is 327 g/mol. The molecule has 0 unspecified atom stereocenters. The summed E-state index contributed by atoms with van der Waals surface area (Å²) in [7, 11) is -3.45. The molecular weight excluding hydrogens is 314 g/mol. The summed E-state index contributed by atoms with van der Waals surface area (Å²) in [6.07, 6.45) is 4.58. The van der Waals surface area contributed by atoms with Gasteiger partial charge < -0.3 is 0 Å². The van der Waals surface area contributed by atoms with E-state index in [0.717, 1.165) is 16.3 Å². The first-order valence-electron chi connectivity index (χ1n) is 6.08. The third kappa shape index (κ3) is 2.64. The zero-order chi connectivity index (χ0) is 14.2. The molecule has 0 fully saturated rings. The highest BCUT2D eigenvalue weighted by Crippen LogP contribution is 2.22. The molecule has 106 valence electrons. The fraction of sp³-hybridized carbons (Fsp3) is 0.250. The number of nitrogens with zero attached hydrogens (tertiary/aromatic N) is 2. The summed E-state index contributed by atoms with van der Waals surface area (Å²) in [6.45, 7) is 2.21. The van der Waals surface area contributed by atoms with Crippen LogP contribution in [0.1, 0.15) is 17.5 Å². The Bertz CT molecular complexity index is 801. The van der Waals surface area contributed by atoms with Crippen molar-refractivity contribution in [3.8, 4) is 0 Å². The van der Waals surface area contributed by atoms with Gasteiger partial charge in [-0.3, -0.25) is 4.40 Å². The van der Waals surface area contributed by atoms with Crippen molar-refractivity contribution in [3.05, 3.63) is 40.5 Å². The standard InChI is InChI=1S/C12H13N3O2S3/c1-2-10-3-4-11(19-10)20(16,17)13-7-9-8-15-5-6-18-12(15)14-9/h3-6,8,13H,2,7H2,1H3. The summed E-state index contributed by atoms with van der Waals surface area (Å²) < 4.78 is 29.1. The summed E-state index contributed by atoms with van der Waals surface area (Å²) >= 11 is 2.83. The van der Waals surface area contributed by atoms with E-state index in [2.05, 4.69) is 9.71 Å². The quantitative estimate of drug-likeness (QED) is 0.783. The SMILES string of the molecule is CCc1ccc(S(=O)(=O)NCc2cn3ccsc3n2)s1. The van der Waals surface area contributed by atoms with Crippen LogP contribution in [0, 0.1) is 0 Å². The lowest BCUT2D eigenvalue weighted by Gasteiger charge is -2.02. The van der Waals surface area contributed by atoms with Crippen molar-refractivity contribution in [2.45, 2.75) is 24.1 Å². The number of imidazole rings is 1. The molecule has 1 N–H and O–H groups in total. The van der Waals surface area contributed by atoms with Crippen molar-refractivity contribution in [3.63, 3.8) is 0 Å². The van der Waals surface area contributed by atoms with Gasteiger partial charge in [-0.1, -0.05) is 6.92 Å². The first-order chi connectivity index (χ1) is 9.58.